The van der Waals surface area contributed by atoms with Crippen molar-refractivity contribution < 1.29 is 9.52 Å². The number of aliphatic hydroxyl groups excluding tert-OH is 1. The lowest BCUT2D eigenvalue weighted by Crippen LogP contribution is -1.99. The molecule has 1 unspecified atom stereocenters. The fraction of sp³-hybridized carbons (Fsp3) is 0.0909. The summed E-state index contributed by atoms with van der Waals surface area (Å²) in [7, 11) is 0. The van der Waals surface area contributed by atoms with E-state index in [2.05, 4.69) is 31.9 Å². The van der Waals surface area contributed by atoms with Crippen LogP contribution in [0.15, 0.2) is 43.9 Å². The van der Waals surface area contributed by atoms with E-state index in [1.165, 1.54) is 6.26 Å². The Kier molecular flexibility index (Phi) is 3.74. The minimum absolute atomic E-state index is 0.444. The van der Waals surface area contributed by atoms with Crippen LogP contribution in [0.1, 0.15) is 17.4 Å². The Morgan fingerprint density at radius 1 is 1.25 bits per heavy atom. The molecule has 0 aliphatic rings. The first-order valence-electron chi connectivity index (χ1n) is 4.45. The molecule has 1 N–H and O–H groups in total. The molecule has 1 atom stereocenters. The molecule has 1 aromatic carbocycles. The molecule has 5 heteroatoms. The van der Waals surface area contributed by atoms with Crippen molar-refractivity contribution in [2.24, 2.45) is 0 Å². The highest BCUT2D eigenvalue weighted by atomic mass is 79.9. The van der Waals surface area contributed by atoms with Crippen molar-refractivity contribution in [3.05, 3.63) is 55.8 Å². The first-order valence-corrected chi connectivity index (χ1v) is 6.42. The van der Waals surface area contributed by atoms with Crippen LogP contribution < -0.4 is 0 Å². The molecule has 2 aromatic rings. The van der Waals surface area contributed by atoms with E-state index in [0.29, 0.717) is 16.3 Å². The van der Waals surface area contributed by atoms with Gasteiger partial charge in [-0.05, 0) is 40.2 Å². The Morgan fingerprint density at radius 3 is 2.62 bits per heavy atom. The highest BCUT2D eigenvalue weighted by Crippen LogP contribution is 2.34. The Labute approximate surface area is 114 Å². The van der Waals surface area contributed by atoms with Gasteiger partial charge in [-0.3, -0.25) is 0 Å². The maximum Gasteiger partial charge on any atom is 0.151 e. The van der Waals surface area contributed by atoms with E-state index >= 15 is 0 Å². The highest BCUT2D eigenvalue weighted by molar-refractivity contribution is 9.10. The third kappa shape index (κ3) is 2.35. The second-order valence-corrected chi connectivity index (χ2v) is 5.38. The van der Waals surface area contributed by atoms with Crippen LogP contribution in [0.25, 0.3) is 0 Å². The molecule has 1 aromatic heterocycles. The number of halogens is 3. The number of hydrogen-bond acceptors (Lipinski definition) is 2. The van der Waals surface area contributed by atoms with Gasteiger partial charge >= 0.3 is 0 Å². The lowest BCUT2D eigenvalue weighted by Gasteiger charge is -2.11. The topological polar surface area (TPSA) is 33.4 Å². The lowest BCUT2D eigenvalue weighted by atomic mass is 10.1. The predicted molar refractivity (Wildman–Crippen MR) is 69.6 cm³/mol. The van der Waals surface area contributed by atoms with E-state index < -0.39 is 6.10 Å². The Balaban J connectivity index is 2.45. The van der Waals surface area contributed by atoms with Crippen LogP contribution in [0.4, 0.5) is 0 Å². The van der Waals surface area contributed by atoms with Gasteiger partial charge in [-0.25, -0.2) is 0 Å². The second kappa shape index (κ2) is 4.92. The van der Waals surface area contributed by atoms with Gasteiger partial charge in [0, 0.05) is 15.1 Å². The fourth-order valence-corrected chi connectivity index (χ4v) is 2.38. The number of aliphatic hydroxyl groups is 1. The zero-order valence-corrected chi connectivity index (χ0v) is 11.9. The van der Waals surface area contributed by atoms with Crippen molar-refractivity contribution in [2.45, 2.75) is 6.10 Å². The summed E-state index contributed by atoms with van der Waals surface area (Å²) in [6.07, 6.45) is 0.628. The van der Waals surface area contributed by atoms with Crippen LogP contribution >= 0.6 is 43.5 Å². The minimum Gasteiger partial charge on any atom is -0.465 e. The maximum atomic E-state index is 10.1. The van der Waals surface area contributed by atoms with Crippen molar-refractivity contribution in [2.75, 3.05) is 0 Å². The van der Waals surface area contributed by atoms with Crippen molar-refractivity contribution in [1.29, 1.82) is 0 Å². The zero-order valence-electron chi connectivity index (χ0n) is 7.95. The molecule has 0 radical (unpaired) electrons. The first kappa shape index (κ1) is 12.2. The molecule has 0 saturated carbocycles. The van der Waals surface area contributed by atoms with Crippen molar-refractivity contribution in [3.63, 3.8) is 0 Å². The van der Waals surface area contributed by atoms with Gasteiger partial charge in [-0.2, -0.15) is 0 Å². The molecule has 0 fully saturated rings. The third-order valence-corrected chi connectivity index (χ3v) is 3.64. The van der Waals surface area contributed by atoms with E-state index in [0.717, 1.165) is 8.95 Å². The summed E-state index contributed by atoms with van der Waals surface area (Å²) in [5, 5.41) is 10.6. The van der Waals surface area contributed by atoms with E-state index in [9.17, 15) is 5.11 Å². The van der Waals surface area contributed by atoms with Gasteiger partial charge in [-0.15, -0.1) is 0 Å². The summed E-state index contributed by atoms with van der Waals surface area (Å²) in [5.74, 6) is 0.444. The molecule has 0 saturated heterocycles. The number of furan rings is 1. The average Bonchev–Trinajstić information content (AvgIpc) is 2.67. The zero-order chi connectivity index (χ0) is 11.7. The fourth-order valence-electron chi connectivity index (χ4n) is 1.37. The normalized spacial score (nSPS) is 12.8. The Morgan fingerprint density at radius 2 is 2.00 bits per heavy atom. The van der Waals surface area contributed by atoms with Crippen LogP contribution in [-0.2, 0) is 0 Å². The van der Waals surface area contributed by atoms with Crippen LogP contribution in [-0.4, -0.2) is 5.11 Å². The minimum atomic E-state index is -0.880. The molecule has 0 aliphatic carbocycles. The predicted octanol–water partition coefficient (Wildman–Crippen LogP) is 4.54. The Bertz CT molecular complexity index is 510. The van der Waals surface area contributed by atoms with Gasteiger partial charge < -0.3 is 9.52 Å². The van der Waals surface area contributed by atoms with Gasteiger partial charge in [0.2, 0.25) is 0 Å². The molecule has 2 rings (SSSR count). The summed E-state index contributed by atoms with van der Waals surface area (Å²) < 4.78 is 6.78. The molecular weight excluding hydrogens is 359 g/mol. The molecule has 0 bridgehead atoms. The quantitative estimate of drug-likeness (QED) is 0.847. The van der Waals surface area contributed by atoms with Gasteiger partial charge in [0.15, 0.2) is 5.76 Å². The first-order chi connectivity index (χ1) is 7.59. The van der Waals surface area contributed by atoms with Crippen LogP contribution in [0.5, 0.6) is 0 Å². The summed E-state index contributed by atoms with van der Waals surface area (Å²) in [6, 6.07) is 7.03. The SMILES string of the molecule is OC(c1cc(Br)ccc1Cl)c1occc1Br. The molecular formula is C11H7Br2ClO2. The summed E-state index contributed by atoms with van der Waals surface area (Å²) in [6.45, 7) is 0. The molecule has 2 nitrogen and oxygen atoms in total. The van der Waals surface area contributed by atoms with Crippen molar-refractivity contribution >= 4 is 43.5 Å². The summed E-state index contributed by atoms with van der Waals surface area (Å²) in [5.41, 5.74) is 0.603. The van der Waals surface area contributed by atoms with Crippen LogP contribution in [0.3, 0.4) is 0 Å². The molecule has 1 heterocycles. The summed E-state index contributed by atoms with van der Waals surface area (Å²) in [4.78, 5) is 0. The third-order valence-electron chi connectivity index (χ3n) is 2.15. The molecule has 84 valence electrons. The standard InChI is InChI=1S/C11H7Br2ClO2/c12-6-1-2-9(14)7(5-6)10(15)11-8(13)3-4-16-11/h1-5,10,15H. The van der Waals surface area contributed by atoms with Gasteiger partial charge in [0.05, 0.1) is 10.7 Å². The van der Waals surface area contributed by atoms with Crippen molar-refractivity contribution in [3.8, 4) is 0 Å². The maximum absolute atomic E-state index is 10.1. The monoisotopic (exact) mass is 364 g/mol. The number of benzene rings is 1. The van der Waals surface area contributed by atoms with E-state index in [1.807, 2.05) is 6.07 Å². The number of rotatable bonds is 2. The smallest absolute Gasteiger partial charge is 0.151 e. The van der Waals surface area contributed by atoms with Gasteiger partial charge in [0.25, 0.3) is 0 Å². The van der Waals surface area contributed by atoms with E-state index in [-0.39, 0.29) is 0 Å². The van der Waals surface area contributed by atoms with Crippen molar-refractivity contribution in [1.82, 2.24) is 0 Å². The average molecular weight is 366 g/mol. The molecule has 0 amide bonds. The Hall–Kier alpha value is -0.290. The summed E-state index contributed by atoms with van der Waals surface area (Å²) >= 11 is 12.7. The molecule has 0 spiro atoms. The molecule has 0 aliphatic heterocycles. The molecule has 16 heavy (non-hydrogen) atoms. The van der Waals surface area contributed by atoms with Crippen LogP contribution in [0.2, 0.25) is 5.02 Å². The lowest BCUT2D eigenvalue weighted by molar-refractivity contribution is 0.188. The van der Waals surface area contributed by atoms with E-state index in [4.69, 9.17) is 16.0 Å². The van der Waals surface area contributed by atoms with Crippen LogP contribution in [0, 0.1) is 0 Å². The second-order valence-electron chi connectivity index (χ2n) is 3.20. The highest BCUT2D eigenvalue weighted by Gasteiger charge is 2.19. The van der Waals surface area contributed by atoms with Gasteiger partial charge in [-0.1, -0.05) is 27.5 Å². The van der Waals surface area contributed by atoms with E-state index in [1.54, 1.807) is 18.2 Å². The largest absolute Gasteiger partial charge is 0.465 e. The number of hydrogen-bond donors (Lipinski definition) is 1. The van der Waals surface area contributed by atoms with Gasteiger partial charge in [0.1, 0.15) is 6.10 Å².